The van der Waals surface area contributed by atoms with E-state index in [1.54, 1.807) is 12.1 Å². The van der Waals surface area contributed by atoms with Crippen molar-refractivity contribution in [3.63, 3.8) is 0 Å². The SMILES string of the molecule is C=CC(=O)OCCCCCCCCCCCOc1ccc(-c2ccc(C(=O)Oc3ccc(O[C@H](C)CCCCCCCCOC(=O)C=C)c([N+](=O)[O-])c3)cc2)cc1. The minimum Gasteiger partial charge on any atom is -0.494 e. The van der Waals surface area contributed by atoms with Gasteiger partial charge in [-0.3, -0.25) is 10.1 Å². The van der Waals surface area contributed by atoms with Crippen LogP contribution in [0.4, 0.5) is 5.69 Å². The largest absolute Gasteiger partial charge is 0.494 e. The number of nitro benzene ring substituents is 1. The Balaban J connectivity index is 1.33. The fraction of sp³-hybridized carbons (Fsp3) is 0.457. The van der Waals surface area contributed by atoms with Gasteiger partial charge in [-0.15, -0.1) is 0 Å². The Bertz CT molecular complexity index is 1690. The molecule has 11 nitrogen and oxygen atoms in total. The summed E-state index contributed by atoms with van der Waals surface area (Å²) in [5.74, 6) is -0.390. The second kappa shape index (κ2) is 27.2. The fourth-order valence-electron chi connectivity index (χ4n) is 6.12. The van der Waals surface area contributed by atoms with Gasteiger partial charge in [0.15, 0.2) is 5.75 Å². The molecule has 308 valence electrons. The average Bonchev–Trinajstić information content (AvgIpc) is 3.22. The third-order valence-corrected chi connectivity index (χ3v) is 9.36. The standard InChI is InChI=1S/C46H59NO10/c1-4-44(48)54-33-19-15-11-8-6-7-10-14-18-32-53-40-28-26-38(27-29-40)37-22-24-39(25-23-37)46(50)57-41-30-31-43(42(35-41)47(51)52)56-36(3)21-17-13-9-12-16-20-34-55-45(49)5-2/h4-5,22-31,35-36H,1-2,6-21,32-34H2,3H3/t36-/m1/s1. The fourth-order valence-corrected chi connectivity index (χ4v) is 6.12. The smallest absolute Gasteiger partial charge is 0.343 e. The van der Waals surface area contributed by atoms with Crippen LogP contribution < -0.4 is 14.2 Å². The van der Waals surface area contributed by atoms with Gasteiger partial charge in [-0.05, 0) is 86.6 Å². The zero-order valence-corrected chi connectivity index (χ0v) is 33.5. The van der Waals surface area contributed by atoms with E-state index in [-0.39, 0.29) is 29.3 Å². The molecule has 11 heteroatoms. The van der Waals surface area contributed by atoms with Crippen molar-refractivity contribution in [2.75, 3.05) is 19.8 Å². The molecule has 0 amide bonds. The Morgan fingerprint density at radius 2 is 1.09 bits per heavy atom. The summed E-state index contributed by atoms with van der Waals surface area (Å²) in [6.07, 6.45) is 18.7. The highest BCUT2D eigenvalue weighted by Crippen LogP contribution is 2.33. The van der Waals surface area contributed by atoms with Crippen LogP contribution in [0.2, 0.25) is 0 Å². The molecule has 0 aromatic heterocycles. The number of unbranched alkanes of at least 4 members (excludes halogenated alkanes) is 13. The van der Waals surface area contributed by atoms with Crippen LogP contribution in [-0.2, 0) is 19.1 Å². The van der Waals surface area contributed by atoms with Gasteiger partial charge in [0, 0.05) is 12.2 Å². The first-order valence-corrected chi connectivity index (χ1v) is 20.3. The molecule has 57 heavy (non-hydrogen) atoms. The Labute approximate surface area is 337 Å². The van der Waals surface area contributed by atoms with Crippen LogP contribution in [0.15, 0.2) is 92.0 Å². The normalized spacial score (nSPS) is 11.2. The highest BCUT2D eigenvalue weighted by atomic mass is 16.6. The number of hydrogen-bond acceptors (Lipinski definition) is 10. The molecule has 0 N–H and O–H groups in total. The predicted octanol–water partition coefficient (Wildman–Crippen LogP) is 11.3. The van der Waals surface area contributed by atoms with E-state index < -0.39 is 16.9 Å². The van der Waals surface area contributed by atoms with E-state index in [0.717, 1.165) is 100 Å². The molecule has 3 rings (SSSR count). The molecule has 3 aromatic rings. The maximum atomic E-state index is 12.9. The Morgan fingerprint density at radius 3 is 1.60 bits per heavy atom. The molecule has 0 bridgehead atoms. The number of carbonyl (C=O) groups excluding carboxylic acids is 3. The molecule has 0 spiro atoms. The van der Waals surface area contributed by atoms with Crippen LogP contribution in [0.25, 0.3) is 11.1 Å². The van der Waals surface area contributed by atoms with Gasteiger partial charge in [-0.1, -0.05) is 108 Å². The molecule has 0 aliphatic rings. The first-order chi connectivity index (χ1) is 27.7. The number of benzene rings is 3. The Hall–Kier alpha value is -5.45. The minimum absolute atomic E-state index is 0.0552. The zero-order valence-electron chi connectivity index (χ0n) is 33.5. The maximum Gasteiger partial charge on any atom is 0.343 e. The number of nitrogens with zero attached hydrogens (tertiary/aromatic N) is 1. The van der Waals surface area contributed by atoms with Crippen LogP contribution in [0, 0.1) is 10.1 Å². The lowest BCUT2D eigenvalue weighted by atomic mass is 10.0. The van der Waals surface area contributed by atoms with Gasteiger partial charge < -0.3 is 23.7 Å². The topological polar surface area (TPSA) is 141 Å². The van der Waals surface area contributed by atoms with Crippen LogP contribution in [0.5, 0.6) is 17.2 Å². The van der Waals surface area contributed by atoms with Crippen molar-refractivity contribution in [2.45, 2.75) is 116 Å². The van der Waals surface area contributed by atoms with Crippen molar-refractivity contribution in [1.82, 2.24) is 0 Å². The van der Waals surface area contributed by atoms with Gasteiger partial charge >= 0.3 is 23.6 Å². The summed E-state index contributed by atoms with van der Waals surface area (Å²) in [7, 11) is 0. The summed E-state index contributed by atoms with van der Waals surface area (Å²) in [6, 6.07) is 19.0. The first kappa shape index (κ1) is 45.9. The van der Waals surface area contributed by atoms with Crippen LogP contribution in [0.1, 0.15) is 120 Å². The van der Waals surface area contributed by atoms with Gasteiger partial charge in [-0.2, -0.15) is 0 Å². The van der Waals surface area contributed by atoms with Crippen molar-refractivity contribution in [3.8, 4) is 28.4 Å². The van der Waals surface area contributed by atoms with Crippen LogP contribution in [0.3, 0.4) is 0 Å². The van der Waals surface area contributed by atoms with E-state index >= 15 is 0 Å². The number of esters is 3. The number of ether oxygens (including phenoxy) is 5. The molecule has 1 atom stereocenters. The number of carbonyl (C=O) groups is 3. The molecule has 0 unspecified atom stereocenters. The molecule has 0 radical (unpaired) electrons. The summed E-state index contributed by atoms with van der Waals surface area (Å²) >= 11 is 0. The Morgan fingerprint density at radius 1 is 0.632 bits per heavy atom. The second-order valence-corrected chi connectivity index (χ2v) is 14.0. The summed E-state index contributed by atoms with van der Waals surface area (Å²) in [6.45, 7) is 10.2. The van der Waals surface area contributed by atoms with Crippen molar-refractivity contribution in [2.24, 2.45) is 0 Å². The van der Waals surface area contributed by atoms with Gasteiger partial charge in [0.1, 0.15) is 11.5 Å². The van der Waals surface area contributed by atoms with Crippen LogP contribution >= 0.6 is 0 Å². The zero-order chi connectivity index (χ0) is 41.1. The molecule has 3 aromatic carbocycles. The lowest BCUT2D eigenvalue weighted by Gasteiger charge is -2.15. The summed E-state index contributed by atoms with van der Waals surface area (Å²) in [5.41, 5.74) is 1.94. The monoisotopic (exact) mass is 785 g/mol. The van der Waals surface area contributed by atoms with E-state index in [1.807, 2.05) is 43.3 Å². The Kier molecular flexibility index (Phi) is 21.9. The number of hydrogen-bond donors (Lipinski definition) is 0. The molecule has 0 saturated heterocycles. The highest BCUT2D eigenvalue weighted by Gasteiger charge is 2.20. The van der Waals surface area contributed by atoms with E-state index in [1.165, 1.54) is 50.0 Å². The lowest BCUT2D eigenvalue weighted by Crippen LogP contribution is -2.13. The van der Waals surface area contributed by atoms with Crippen molar-refractivity contribution in [3.05, 3.63) is 108 Å². The first-order valence-electron chi connectivity index (χ1n) is 20.3. The van der Waals surface area contributed by atoms with Crippen molar-refractivity contribution in [1.29, 1.82) is 0 Å². The predicted molar refractivity (Wildman–Crippen MR) is 222 cm³/mol. The quantitative estimate of drug-likeness (QED) is 0.0160. The van der Waals surface area contributed by atoms with E-state index in [4.69, 9.17) is 23.7 Å². The molecule has 0 aliphatic heterocycles. The van der Waals surface area contributed by atoms with Crippen LogP contribution in [-0.4, -0.2) is 48.8 Å². The lowest BCUT2D eigenvalue weighted by molar-refractivity contribution is -0.386. The van der Waals surface area contributed by atoms with Gasteiger partial charge in [0.05, 0.1) is 42.5 Å². The van der Waals surface area contributed by atoms with E-state index in [9.17, 15) is 24.5 Å². The minimum atomic E-state index is -0.625. The van der Waals surface area contributed by atoms with Crippen molar-refractivity contribution >= 4 is 23.6 Å². The highest BCUT2D eigenvalue weighted by molar-refractivity contribution is 5.91. The molecular formula is C46H59NO10. The molecule has 0 fully saturated rings. The summed E-state index contributed by atoms with van der Waals surface area (Å²) < 4.78 is 27.3. The van der Waals surface area contributed by atoms with E-state index in [0.29, 0.717) is 25.4 Å². The van der Waals surface area contributed by atoms with Crippen molar-refractivity contribution < 1.29 is 43.0 Å². The van der Waals surface area contributed by atoms with Gasteiger partial charge in [0.2, 0.25) is 0 Å². The summed E-state index contributed by atoms with van der Waals surface area (Å²) in [4.78, 5) is 46.3. The molecule has 0 heterocycles. The number of rotatable bonds is 30. The van der Waals surface area contributed by atoms with E-state index in [2.05, 4.69) is 13.2 Å². The maximum absolute atomic E-state index is 12.9. The third kappa shape index (κ3) is 18.8. The third-order valence-electron chi connectivity index (χ3n) is 9.36. The summed E-state index contributed by atoms with van der Waals surface area (Å²) in [5, 5.41) is 11.9. The second-order valence-electron chi connectivity index (χ2n) is 14.0. The molecule has 0 saturated carbocycles. The van der Waals surface area contributed by atoms with Gasteiger partial charge in [0.25, 0.3) is 0 Å². The molecular weight excluding hydrogens is 727 g/mol. The average molecular weight is 786 g/mol. The van der Waals surface area contributed by atoms with Gasteiger partial charge in [-0.25, -0.2) is 14.4 Å². The molecule has 0 aliphatic carbocycles. The number of nitro groups is 1.